The van der Waals surface area contributed by atoms with Gasteiger partial charge in [-0.15, -0.1) is 0 Å². The van der Waals surface area contributed by atoms with Crippen LogP contribution in [-0.2, 0) is 0 Å². The number of hydrogen-bond acceptors (Lipinski definition) is 3. The molecule has 0 atom stereocenters. The van der Waals surface area contributed by atoms with Gasteiger partial charge in [-0.05, 0) is 50.8 Å². The van der Waals surface area contributed by atoms with Crippen LogP contribution in [0.1, 0.15) is 31.5 Å². The van der Waals surface area contributed by atoms with Gasteiger partial charge in [0.15, 0.2) is 0 Å². The number of nitrogens with zero attached hydrogens (tertiary/aromatic N) is 2. The van der Waals surface area contributed by atoms with Gasteiger partial charge in [-0.1, -0.05) is 0 Å². The lowest BCUT2D eigenvalue weighted by molar-refractivity contribution is 0.397. The molecule has 0 amide bonds. The Kier molecular flexibility index (Phi) is 3.12. The molecule has 98 valence electrons. The molecule has 0 radical (unpaired) electrons. The molecule has 0 bridgehead atoms. The van der Waals surface area contributed by atoms with Gasteiger partial charge in [0, 0.05) is 17.6 Å². The van der Waals surface area contributed by atoms with Crippen LogP contribution in [-0.4, -0.2) is 16.0 Å². The summed E-state index contributed by atoms with van der Waals surface area (Å²) in [5.41, 5.74) is 3.22. The van der Waals surface area contributed by atoms with E-state index in [9.17, 15) is 0 Å². The molecule has 0 aliphatic heterocycles. The first-order chi connectivity index (χ1) is 9.24. The van der Waals surface area contributed by atoms with Crippen molar-refractivity contribution in [3.05, 3.63) is 24.0 Å². The summed E-state index contributed by atoms with van der Waals surface area (Å²) in [5, 5.41) is 12.5. The number of imidazole rings is 1. The standard InChI is InChI=1S/C15H18N4/c1-10-17-14-7-6-13(8-15(14)18-10)19-12-4-2-11(9-16)3-5-12/h6-8,11-12,19H,2-5H2,1H3,(H,17,18). The largest absolute Gasteiger partial charge is 0.382 e. The lowest BCUT2D eigenvalue weighted by Gasteiger charge is -2.26. The SMILES string of the molecule is Cc1nc2ccc(NC3CCC(C#N)CC3)cc2[nH]1. The van der Waals surface area contributed by atoms with Crippen LogP contribution >= 0.6 is 0 Å². The van der Waals surface area contributed by atoms with Crippen molar-refractivity contribution in [2.24, 2.45) is 5.92 Å². The van der Waals surface area contributed by atoms with E-state index in [2.05, 4.69) is 33.5 Å². The van der Waals surface area contributed by atoms with Crippen LogP contribution in [0.2, 0.25) is 0 Å². The molecule has 4 nitrogen and oxygen atoms in total. The lowest BCUT2D eigenvalue weighted by atomic mass is 9.87. The number of aryl methyl sites for hydroxylation is 1. The minimum Gasteiger partial charge on any atom is -0.382 e. The number of aromatic nitrogens is 2. The zero-order valence-electron chi connectivity index (χ0n) is 11.1. The van der Waals surface area contributed by atoms with Crippen molar-refractivity contribution in [3.8, 4) is 6.07 Å². The Morgan fingerprint density at radius 3 is 2.84 bits per heavy atom. The molecule has 4 heteroatoms. The fourth-order valence-corrected chi connectivity index (χ4v) is 2.83. The Labute approximate surface area is 112 Å². The third kappa shape index (κ3) is 2.55. The van der Waals surface area contributed by atoms with Gasteiger partial charge in [0.25, 0.3) is 0 Å². The molecule has 0 spiro atoms. The van der Waals surface area contributed by atoms with E-state index in [1.54, 1.807) is 0 Å². The van der Waals surface area contributed by atoms with Gasteiger partial charge in [-0.2, -0.15) is 5.26 Å². The Morgan fingerprint density at radius 1 is 1.32 bits per heavy atom. The van der Waals surface area contributed by atoms with Crippen molar-refractivity contribution in [3.63, 3.8) is 0 Å². The molecule has 1 aromatic carbocycles. The first-order valence-corrected chi connectivity index (χ1v) is 6.87. The molecular formula is C15H18N4. The van der Waals surface area contributed by atoms with Crippen LogP contribution in [0, 0.1) is 24.2 Å². The number of aromatic amines is 1. The van der Waals surface area contributed by atoms with Crippen molar-refractivity contribution in [1.82, 2.24) is 9.97 Å². The predicted molar refractivity (Wildman–Crippen MR) is 75.8 cm³/mol. The minimum atomic E-state index is 0.260. The van der Waals surface area contributed by atoms with Gasteiger partial charge < -0.3 is 10.3 Å². The van der Waals surface area contributed by atoms with Crippen LogP contribution in [0.15, 0.2) is 18.2 Å². The van der Waals surface area contributed by atoms with Crippen LogP contribution in [0.5, 0.6) is 0 Å². The maximum absolute atomic E-state index is 8.91. The first kappa shape index (κ1) is 12.0. The van der Waals surface area contributed by atoms with Crippen molar-refractivity contribution in [1.29, 1.82) is 5.26 Å². The maximum atomic E-state index is 8.91. The lowest BCUT2D eigenvalue weighted by Crippen LogP contribution is -2.25. The quantitative estimate of drug-likeness (QED) is 0.863. The van der Waals surface area contributed by atoms with Crippen LogP contribution in [0.25, 0.3) is 11.0 Å². The van der Waals surface area contributed by atoms with Gasteiger partial charge in [0.05, 0.1) is 17.1 Å². The van der Waals surface area contributed by atoms with Crippen molar-refractivity contribution in [2.45, 2.75) is 38.6 Å². The molecule has 1 saturated carbocycles. The summed E-state index contributed by atoms with van der Waals surface area (Å²) in [6.07, 6.45) is 4.19. The van der Waals surface area contributed by atoms with Crippen molar-refractivity contribution >= 4 is 16.7 Å². The van der Waals surface area contributed by atoms with E-state index >= 15 is 0 Å². The fourth-order valence-electron chi connectivity index (χ4n) is 2.83. The van der Waals surface area contributed by atoms with Crippen LogP contribution in [0.4, 0.5) is 5.69 Å². The second kappa shape index (κ2) is 4.93. The Hall–Kier alpha value is -2.02. The molecule has 1 aliphatic carbocycles. The molecule has 0 saturated heterocycles. The van der Waals surface area contributed by atoms with E-state index in [1.165, 1.54) is 0 Å². The molecule has 2 aromatic rings. The highest BCUT2D eigenvalue weighted by molar-refractivity contribution is 5.79. The number of nitriles is 1. The normalized spacial score (nSPS) is 23.2. The van der Waals surface area contributed by atoms with E-state index in [-0.39, 0.29) is 5.92 Å². The van der Waals surface area contributed by atoms with Crippen LogP contribution in [0.3, 0.4) is 0 Å². The number of H-pyrrole nitrogens is 1. The number of anilines is 1. The second-order valence-corrected chi connectivity index (χ2v) is 5.38. The summed E-state index contributed by atoms with van der Waals surface area (Å²) in [6, 6.07) is 9.11. The summed E-state index contributed by atoms with van der Waals surface area (Å²) >= 11 is 0. The molecule has 19 heavy (non-hydrogen) atoms. The summed E-state index contributed by atoms with van der Waals surface area (Å²) in [7, 11) is 0. The molecule has 3 rings (SSSR count). The predicted octanol–water partition coefficient (Wildman–Crippen LogP) is 3.37. The number of benzene rings is 1. The van der Waals surface area contributed by atoms with Crippen molar-refractivity contribution < 1.29 is 0 Å². The van der Waals surface area contributed by atoms with E-state index < -0.39 is 0 Å². The Balaban J connectivity index is 1.70. The van der Waals surface area contributed by atoms with E-state index in [4.69, 9.17) is 5.26 Å². The Morgan fingerprint density at radius 2 is 2.11 bits per heavy atom. The van der Waals surface area contributed by atoms with E-state index in [1.807, 2.05) is 13.0 Å². The summed E-state index contributed by atoms with van der Waals surface area (Å²) in [6.45, 7) is 1.97. The molecule has 1 aromatic heterocycles. The smallest absolute Gasteiger partial charge is 0.104 e. The van der Waals surface area contributed by atoms with Gasteiger partial charge >= 0.3 is 0 Å². The molecule has 2 N–H and O–H groups in total. The highest BCUT2D eigenvalue weighted by atomic mass is 14.9. The first-order valence-electron chi connectivity index (χ1n) is 6.87. The maximum Gasteiger partial charge on any atom is 0.104 e. The minimum absolute atomic E-state index is 0.260. The third-order valence-electron chi connectivity index (χ3n) is 3.88. The summed E-state index contributed by atoms with van der Waals surface area (Å²) < 4.78 is 0. The summed E-state index contributed by atoms with van der Waals surface area (Å²) in [5.74, 6) is 1.21. The second-order valence-electron chi connectivity index (χ2n) is 5.38. The molecular weight excluding hydrogens is 236 g/mol. The number of rotatable bonds is 2. The molecule has 1 fully saturated rings. The fraction of sp³-hybridized carbons (Fsp3) is 0.467. The highest BCUT2D eigenvalue weighted by Crippen LogP contribution is 2.27. The van der Waals surface area contributed by atoms with E-state index in [0.29, 0.717) is 6.04 Å². The molecule has 1 heterocycles. The number of fused-ring (bicyclic) bond motifs is 1. The average molecular weight is 254 g/mol. The highest BCUT2D eigenvalue weighted by Gasteiger charge is 2.20. The molecule has 1 aliphatic rings. The Bertz CT molecular complexity index is 615. The van der Waals surface area contributed by atoms with Gasteiger partial charge in [-0.25, -0.2) is 4.98 Å². The number of nitrogens with one attached hydrogen (secondary N) is 2. The third-order valence-corrected chi connectivity index (χ3v) is 3.88. The van der Waals surface area contributed by atoms with E-state index in [0.717, 1.165) is 48.2 Å². The number of hydrogen-bond donors (Lipinski definition) is 2. The van der Waals surface area contributed by atoms with Gasteiger partial charge in [-0.3, -0.25) is 0 Å². The monoisotopic (exact) mass is 254 g/mol. The zero-order chi connectivity index (χ0) is 13.2. The zero-order valence-corrected chi connectivity index (χ0v) is 11.1. The molecule has 0 unspecified atom stereocenters. The van der Waals surface area contributed by atoms with Gasteiger partial charge in [0.2, 0.25) is 0 Å². The topological polar surface area (TPSA) is 64.5 Å². The van der Waals surface area contributed by atoms with Crippen LogP contribution < -0.4 is 5.32 Å². The van der Waals surface area contributed by atoms with Gasteiger partial charge in [0.1, 0.15) is 5.82 Å². The summed E-state index contributed by atoms with van der Waals surface area (Å²) in [4.78, 5) is 7.66. The average Bonchev–Trinajstić information content (AvgIpc) is 2.79. The van der Waals surface area contributed by atoms with Crippen molar-refractivity contribution in [2.75, 3.05) is 5.32 Å².